The van der Waals surface area contributed by atoms with Gasteiger partial charge in [-0.3, -0.25) is 9.30 Å². The van der Waals surface area contributed by atoms with Crippen LogP contribution in [0.1, 0.15) is 38.8 Å². The third kappa shape index (κ3) is 4.49. The molecule has 34 heavy (non-hydrogen) atoms. The highest BCUT2D eigenvalue weighted by molar-refractivity contribution is 5.82. The number of benzene rings is 1. The summed E-state index contributed by atoms with van der Waals surface area (Å²) in [4.78, 5) is 7.33. The van der Waals surface area contributed by atoms with Crippen molar-refractivity contribution < 1.29 is 9.47 Å². The van der Waals surface area contributed by atoms with Crippen molar-refractivity contribution in [2.24, 2.45) is 5.73 Å². The van der Waals surface area contributed by atoms with Crippen LogP contribution in [0.2, 0.25) is 0 Å². The Bertz CT molecular complexity index is 1320. The van der Waals surface area contributed by atoms with Crippen LogP contribution in [-0.2, 0) is 4.74 Å². The molecule has 178 valence electrons. The fourth-order valence-electron chi connectivity index (χ4n) is 4.69. The van der Waals surface area contributed by atoms with E-state index in [0.717, 1.165) is 53.3 Å². The molecule has 2 N–H and O–H groups in total. The molecular weight excluding hydrogens is 428 g/mol. The van der Waals surface area contributed by atoms with Gasteiger partial charge in [-0.05, 0) is 57.0 Å². The lowest BCUT2D eigenvalue weighted by atomic mass is 10.0. The third-order valence-corrected chi connectivity index (χ3v) is 6.62. The first kappa shape index (κ1) is 22.7. The monoisotopic (exact) mass is 460 g/mol. The second kappa shape index (κ2) is 8.94. The van der Waals surface area contributed by atoms with Crippen LogP contribution in [0.5, 0.6) is 5.75 Å². The van der Waals surface area contributed by atoms with E-state index in [4.69, 9.17) is 20.2 Å². The van der Waals surface area contributed by atoms with Gasteiger partial charge in [0.1, 0.15) is 17.5 Å². The molecule has 3 aromatic heterocycles. The zero-order valence-electron chi connectivity index (χ0n) is 20.2. The van der Waals surface area contributed by atoms with Crippen molar-refractivity contribution in [2.75, 3.05) is 26.8 Å². The summed E-state index contributed by atoms with van der Waals surface area (Å²) in [7, 11) is 1.67. The molecule has 8 heteroatoms. The summed E-state index contributed by atoms with van der Waals surface area (Å²) in [6.45, 7) is 8.75. The van der Waals surface area contributed by atoms with Crippen molar-refractivity contribution in [2.45, 2.75) is 44.9 Å². The number of pyridine rings is 2. The van der Waals surface area contributed by atoms with Crippen LogP contribution in [0, 0.1) is 0 Å². The lowest BCUT2D eigenvalue weighted by Gasteiger charge is -2.26. The second-order valence-corrected chi connectivity index (χ2v) is 9.70. The molecule has 0 amide bonds. The summed E-state index contributed by atoms with van der Waals surface area (Å²) in [5.41, 5.74) is 9.85. The Morgan fingerprint density at radius 2 is 1.94 bits per heavy atom. The average Bonchev–Trinajstić information content (AvgIpc) is 3.40. The molecule has 4 aromatic rings. The standard InChI is InChI=1S/C26H32N6O2/c1-17(15-33-4)34-21-8-5-19-6-9-22(28-23(19)13-21)25-30-29-24-10-7-20(14-32(24)25)18(2)31-12-11-26(3,27)16-31/h5-10,13-14,17-18H,11-12,15-16,27H2,1-4H3/t17-,18-,26+/m1/s1. The number of ether oxygens (including phenoxy) is 2. The molecular formula is C26H32N6O2. The van der Waals surface area contributed by atoms with Gasteiger partial charge in [0.05, 0.1) is 12.1 Å². The zero-order valence-corrected chi connectivity index (χ0v) is 20.2. The van der Waals surface area contributed by atoms with Gasteiger partial charge in [0.25, 0.3) is 0 Å². The van der Waals surface area contributed by atoms with E-state index in [1.165, 1.54) is 5.56 Å². The molecule has 0 aliphatic carbocycles. The lowest BCUT2D eigenvalue weighted by Crippen LogP contribution is -2.39. The summed E-state index contributed by atoms with van der Waals surface area (Å²) in [5.74, 6) is 1.48. The van der Waals surface area contributed by atoms with Crippen LogP contribution in [-0.4, -0.2) is 62.9 Å². The molecule has 1 saturated heterocycles. The van der Waals surface area contributed by atoms with Gasteiger partial charge in [0.15, 0.2) is 11.5 Å². The Kier molecular flexibility index (Phi) is 5.97. The predicted molar refractivity (Wildman–Crippen MR) is 133 cm³/mol. The fourth-order valence-corrected chi connectivity index (χ4v) is 4.69. The van der Waals surface area contributed by atoms with E-state index in [2.05, 4.69) is 47.3 Å². The molecule has 8 nitrogen and oxygen atoms in total. The number of rotatable bonds is 7. The molecule has 0 spiro atoms. The summed E-state index contributed by atoms with van der Waals surface area (Å²) < 4.78 is 13.2. The van der Waals surface area contributed by atoms with Crippen LogP contribution in [0.3, 0.4) is 0 Å². The smallest absolute Gasteiger partial charge is 0.187 e. The van der Waals surface area contributed by atoms with Gasteiger partial charge in [-0.2, -0.15) is 0 Å². The molecule has 0 unspecified atom stereocenters. The number of likely N-dealkylation sites (tertiary alicyclic amines) is 1. The van der Waals surface area contributed by atoms with Crippen LogP contribution < -0.4 is 10.5 Å². The summed E-state index contributed by atoms with van der Waals surface area (Å²) >= 11 is 0. The molecule has 0 saturated carbocycles. The number of aromatic nitrogens is 4. The van der Waals surface area contributed by atoms with Crippen molar-refractivity contribution in [3.8, 4) is 17.3 Å². The second-order valence-electron chi connectivity index (χ2n) is 9.70. The van der Waals surface area contributed by atoms with Crippen molar-refractivity contribution in [3.63, 3.8) is 0 Å². The van der Waals surface area contributed by atoms with Crippen LogP contribution in [0.25, 0.3) is 28.1 Å². The van der Waals surface area contributed by atoms with Gasteiger partial charge in [0, 0.05) is 49.4 Å². The Hall–Kier alpha value is -3.07. The molecule has 0 radical (unpaired) electrons. The van der Waals surface area contributed by atoms with E-state index in [9.17, 15) is 0 Å². The van der Waals surface area contributed by atoms with Gasteiger partial charge in [0.2, 0.25) is 0 Å². The third-order valence-electron chi connectivity index (χ3n) is 6.62. The molecule has 1 aromatic carbocycles. The van der Waals surface area contributed by atoms with Gasteiger partial charge in [-0.15, -0.1) is 10.2 Å². The zero-order chi connectivity index (χ0) is 23.9. The maximum Gasteiger partial charge on any atom is 0.187 e. The van der Waals surface area contributed by atoms with Gasteiger partial charge in [-0.1, -0.05) is 12.1 Å². The highest BCUT2D eigenvalue weighted by Crippen LogP contribution is 2.30. The average molecular weight is 461 g/mol. The van der Waals surface area contributed by atoms with Crippen molar-refractivity contribution in [3.05, 3.63) is 54.2 Å². The minimum atomic E-state index is -0.126. The highest BCUT2D eigenvalue weighted by atomic mass is 16.5. The van der Waals surface area contributed by atoms with Crippen molar-refractivity contribution in [1.29, 1.82) is 0 Å². The fraction of sp³-hybridized carbons (Fsp3) is 0.423. The normalized spacial score (nSPS) is 20.7. The van der Waals surface area contributed by atoms with E-state index in [1.54, 1.807) is 7.11 Å². The van der Waals surface area contributed by atoms with Crippen LogP contribution in [0.4, 0.5) is 0 Å². The Balaban J connectivity index is 1.47. The van der Waals surface area contributed by atoms with Gasteiger partial charge in [-0.25, -0.2) is 4.98 Å². The predicted octanol–water partition coefficient (Wildman–Crippen LogP) is 3.84. The number of hydrogen-bond donors (Lipinski definition) is 1. The Morgan fingerprint density at radius 3 is 2.71 bits per heavy atom. The Labute approximate surface area is 199 Å². The number of hydrogen-bond acceptors (Lipinski definition) is 7. The molecule has 4 heterocycles. The summed E-state index contributed by atoms with van der Waals surface area (Å²) in [6, 6.07) is 14.4. The summed E-state index contributed by atoms with van der Waals surface area (Å²) in [6.07, 6.45) is 3.09. The molecule has 1 aliphatic rings. The number of nitrogens with zero attached hydrogens (tertiary/aromatic N) is 5. The van der Waals surface area contributed by atoms with E-state index < -0.39 is 0 Å². The molecule has 3 atom stereocenters. The van der Waals surface area contributed by atoms with Crippen LogP contribution >= 0.6 is 0 Å². The molecule has 0 bridgehead atoms. The SMILES string of the molecule is COC[C@@H](C)Oc1ccc2ccc(-c3nnc4ccc([C@@H](C)N5CC[C@](C)(N)C5)cn34)nc2c1. The first-order valence-corrected chi connectivity index (χ1v) is 11.8. The first-order valence-electron chi connectivity index (χ1n) is 11.8. The number of fused-ring (bicyclic) bond motifs is 2. The maximum absolute atomic E-state index is 6.37. The van der Waals surface area contributed by atoms with Crippen molar-refractivity contribution >= 4 is 16.6 Å². The molecule has 1 aliphatic heterocycles. The summed E-state index contributed by atoms with van der Waals surface area (Å²) in [5, 5.41) is 9.87. The number of methoxy groups -OCH3 is 1. The van der Waals surface area contributed by atoms with Gasteiger partial charge >= 0.3 is 0 Å². The minimum absolute atomic E-state index is 0.0424. The first-order chi connectivity index (χ1) is 16.3. The van der Waals surface area contributed by atoms with Crippen LogP contribution in [0.15, 0.2) is 48.7 Å². The topological polar surface area (TPSA) is 90.8 Å². The minimum Gasteiger partial charge on any atom is -0.488 e. The van der Waals surface area contributed by atoms with E-state index >= 15 is 0 Å². The van der Waals surface area contributed by atoms with Crippen molar-refractivity contribution in [1.82, 2.24) is 24.5 Å². The Morgan fingerprint density at radius 1 is 1.12 bits per heavy atom. The molecule has 5 rings (SSSR count). The quantitative estimate of drug-likeness (QED) is 0.448. The van der Waals surface area contributed by atoms with Gasteiger partial charge < -0.3 is 15.2 Å². The van der Waals surface area contributed by atoms with E-state index in [-0.39, 0.29) is 17.7 Å². The largest absolute Gasteiger partial charge is 0.488 e. The lowest BCUT2D eigenvalue weighted by molar-refractivity contribution is 0.0922. The van der Waals surface area contributed by atoms with E-state index in [0.29, 0.717) is 6.61 Å². The highest BCUT2D eigenvalue weighted by Gasteiger charge is 2.32. The molecule has 1 fully saturated rings. The van der Waals surface area contributed by atoms with E-state index in [1.807, 2.05) is 41.7 Å². The maximum atomic E-state index is 6.37. The number of nitrogens with two attached hydrogens (primary N) is 1.